The van der Waals surface area contributed by atoms with E-state index in [1.807, 2.05) is 18.7 Å². The molecule has 0 unspecified atom stereocenters. The molecule has 21 heavy (non-hydrogen) atoms. The molecule has 0 heterocycles. The van der Waals surface area contributed by atoms with Gasteiger partial charge in [-0.25, -0.2) is 0 Å². The van der Waals surface area contributed by atoms with Crippen LogP contribution in [-0.4, -0.2) is 12.9 Å². The third kappa shape index (κ3) is 2.86. The summed E-state index contributed by atoms with van der Waals surface area (Å²) in [5, 5.41) is 0. The van der Waals surface area contributed by atoms with E-state index in [0.29, 0.717) is 6.61 Å². The lowest BCUT2D eigenvalue weighted by atomic mass is 9.88. The molecule has 1 fully saturated rings. The van der Waals surface area contributed by atoms with Crippen molar-refractivity contribution in [1.29, 1.82) is 0 Å². The minimum absolute atomic E-state index is 0.201. The minimum atomic E-state index is 0.201. The summed E-state index contributed by atoms with van der Waals surface area (Å²) in [4.78, 5) is 1.38. The van der Waals surface area contributed by atoms with Gasteiger partial charge in [-0.3, -0.25) is 0 Å². The molecule has 1 aliphatic rings. The van der Waals surface area contributed by atoms with E-state index in [1.54, 1.807) is 0 Å². The van der Waals surface area contributed by atoms with E-state index in [0.717, 1.165) is 10.2 Å². The molecule has 0 spiro atoms. The highest BCUT2D eigenvalue weighted by atomic mass is 79.9. The normalized spacial score (nSPS) is 15.8. The first-order chi connectivity index (χ1) is 10.2. The molecule has 0 atom stereocenters. The zero-order chi connectivity index (χ0) is 14.9. The van der Waals surface area contributed by atoms with Gasteiger partial charge in [-0.15, -0.1) is 11.8 Å². The van der Waals surface area contributed by atoms with Gasteiger partial charge in [-0.1, -0.05) is 28.1 Å². The van der Waals surface area contributed by atoms with Crippen molar-refractivity contribution in [2.75, 3.05) is 12.9 Å². The van der Waals surface area contributed by atoms with E-state index in [4.69, 9.17) is 4.74 Å². The first-order valence-corrected chi connectivity index (χ1v) is 9.29. The maximum Gasteiger partial charge on any atom is 0.119 e. The molecule has 2 aromatic rings. The molecule has 0 amide bonds. The molecule has 0 bridgehead atoms. The largest absolute Gasteiger partial charge is 0.494 e. The van der Waals surface area contributed by atoms with Crippen LogP contribution in [0.25, 0.3) is 0 Å². The number of rotatable bonds is 5. The fraction of sp³-hybridized carbons (Fsp3) is 0.333. The predicted octanol–water partition coefficient (Wildman–Crippen LogP) is 5.65. The van der Waals surface area contributed by atoms with Crippen LogP contribution < -0.4 is 4.74 Å². The zero-order valence-corrected chi connectivity index (χ0v) is 14.8. The van der Waals surface area contributed by atoms with Crippen LogP contribution in [-0.2, 0) is 5.41 Å². The second-order valence-electron chi connectivity index (χ2n) is 5.38. The molecule has 110 valence electrons. The average Bonchev–Trinajstić information content (AvgIpc) is 3.30. The van der Waals surface area contributed by atoms with E-state index in [-0.39, 0.29) is 5.41 Å². The fourth-order valence-electron chi connectivity index (χ4n) is 2.93. The summed E-state index contributed by atoms with van der Waals surface area (Å²) in [5.74, 6) is 0.955. The highest BCUT2D eigenvalue weighted by Gasteiger charge is 2.47. The molecule has 1 saturated carbocycles. The Labute approximate surface area is 139 Å². The first kappa shape index (κ1) is 15.0. The topological polar surface area (TPSA) is 9.23 Å². The molecule has 0 aromatic heterocycles. The summed E-state index contributed by atoms with van der Waals surface area (Å²) in [6, 6.07) is 15.3. The van der Waals surface area contributed by atoms with Crippen molar-refractivity contribution >= 4 is 27.7 Å². The number of hydrogen-bond donors (Lipinski definition) is 0. The Morgan fingerprint density at radius 3 is 2.43 bits per heavy atom. The number of benzene rings is 2. The Morgan fingerprint density at radius 2 is 1.86 bits per heavy atom. The van der Waals surface area contributed by atoms with Gasteiger partial charge in [-0.2, -0.15) is 0 Å². The summed E-state index contributed by atoms with van der Waals surface area (Å²) in [6.45, 7) is 2.73. The third-order valence-electron chi connectivity index (χ3n) is 4.15. The van der Waals surface area contributed by atoms with Gasteiger partial charge < -0.3 is 4.74 Å². The van der Waals surface area contributed by atoms with Crippen molar-refractivity contribution in [3.05, 3.63) is 58.1 Å². The lowest BCUT2D eigenvalue weighted by Gasteiger charge is -2.20. The van der Waals surface area contributed by atoms with Crippen LogP contribution in [0.1, 0.15) is 30.9 Å². The van der Waals surface area contributed by atoms with Crippen molar-refractivity contribution < 1.29 is 4.74 Å². The molecule has 2 aromatic carbocycles. The second kappa shape index (κ2) is 6.05. The number of hydrogen-bond acceptors (Lipinski definition) is 2. The SMILES string of the molecule is CCOc1ccc(C2(c3cc(Br)ccc3SC)CC2)cc1. The first-order valence-electron chi connectivity index (χ1n) is 7.27. The summed E-state index contributed by atoms with van der Waals surface area (Å²) < 4.78 is 6.71. The lowest BCUT2D eigenvalue weighted by molar-refractivity contribution is 0.340. The summed E-state index contributed by atoms with van der Waals surface area (Å²) >= 11 is 5.45. The highest BCUT2D eigenvalue weighted by molar-refractivity contribution is 9.10. The quantitative estimate of drug-likeness (QED) is 0.635. The van der Waals surface area contributed by atoms with Gasteiger partial charge in [0, 0.05) is 14.8 Å². The van der Waals surface area contributed by atoms with Gasteiger partial charge in [0.25, 0.3) is 0 Å². The Bertz CT molecular complexity index is 632. The van der Waals surface area contributed by atoms with E-state index < -0.39 is 0 Å². The van der Waals surface area contributed by atoms with Gasteiger partial charge in [-0.05, 0) is 67.5 Å². The molecule has 1 aliphatic carbocycles. The van der Waals surface area contributed by atoms with Gasteiger partial charge >= 0.3 is 0 Å². The van der Waals surface area contributed by atoms with E-state index in [1.165, 1.54) is 28.9 Å². The van der Waals surface area contributed by atoms with Gasteiger partial charge in [0.15, 0.2) is 0 Å². The van der Waals surface area contributed by atoms with Crippen molar-refractivity contribution in [1.82, 2.24) is 0 Å². The molecule has 0 aliphatic heterocycles. The average molecular weight is 363 g/mol. The van der Waals surface area contributed by atoms with Crippen LogP contribution in [0.3, 0.4) is 0 Å². The van der Waals surface area contributed by atoms with E-state index in [2.05, 4.69) is 64.7 Å². The maximum atomic E-state index is 5.55. The van der Waals surface area contributed by atoms with Crippen molar-refractivity contribution in [2.45, 2.75) is 30.1 Å². The molecule has 0 saturated heterocycles. The Kier molecular flexibility index (Phi) is 4.32. The van der Waals surface area contributed by atoms with Gasteiger partial charge in [0.05, 0.1) is 6.61 Å². The highest BCUT2D eigenvalue weighted by Crippen LogP contribution is 2.56. The summed E-state index contributed by atoms with van der Waals surface area (Å²) in [5.41, 5.74) is 3.06. The minimum Gasteiger partial charge on any atom is -0.494 e. The van der Waals surface area contributed by atoms with Crippen LogP contribution in [0.4, 0.5) is 0 Å². The van der Waals surface area contributed by atoms with Crippen LogP contribution >= 0.6 is 27.7 Å². The maximum absolute atomic E-state index is 5.55. The lowest BCUT2D eigenvalue weighted by Crippen LogP contribution is -2.10. The molecule has 1 nitrogen and oxygen atoms in total. The summed E-state index contributed by atoms with van der Waals surface area (Å²) in [6.07, 6.45) is 4.61. The third-order valence-corrected chi connectivity index (χ3v) is 5.43. The molecular weight excluding hydrogens is 344 g/mol. The molecular formula is C18H19BrOS. The molecule has 3 heteroatoms. The Hall–Kier alpha value is -0.930. The second-order valence-corrected chi connectivity index (χ2v) is 7.15. The van der Waals surface area contributed by atoms with Crippen LogP contribution in [0, 0.1) is 0 Å². The van der Waals surface area contributed by atoms with Gasteiger partial charge in [0.1, 0.15) is 5.75 Å². The number of thioether (sulfide) groups is 1. The Morgan fingerprint density at radius 1 is 1.14 bits per heavy atom. The predicted molar refractivity (Wildman–Crippen MR) is 93.5 cm³/mol. The zero-order valence-electron chi connectivity index (χ0n) is 12.4. The standard InChI is InChI=1S/C18H19BrOS/c1-3-20-15-7-4-13(5-8-15)18(10-11-18)16-12-14(19)6-9-17(16)21-2/h4-9,12H,3,10-11H2,1-2H3. The van der Waals surface area contributed by atoms with Crippen molar-refractivity contribution in [3.63, 3.8) is 0 Å². The van der Waals surface area contributed by atoms with Crippen LogP contribution in [0.2, 0.25) is 0 Å². The van der Waals surface area contributed by atoms with Gasteiger partial charge in [0.2, 0.25) is 0 Å². The summed E-state index contributed by atoms with van der Waals surface area (Å²) in [7, 11) is 0. The van der Waals surface area contributed by atoms with Crippen molar-refractivity contribution in [2.24, 2.45) is 0 Å². The van der Waals surface area contributed by atoms with E-state index >= 15 is 0 Å². The van der Waals surface area contributed by atoms with Crippen LogP contribution in [0.15, 0.2) is 51.8 Å². The monoisotopic (exact) mass is 362 g/mol. The van der Waals surface area contributed by atoms with E-state index in [9.17, 15) is 0 Å². The molecule has 0 N–H and O–H groups in total. The Balaban J connectivity index is 1.99. The number of ether oxygens (including phenoxy) is 1. The molecule has 0 radical (unpaired) electrons. The van der Waals surface area contributed by atoms with Crippen LogP contribution in [0.5, 0.6) is 5.75 Å². The smallest absolute Gasteiger partial charge is 0.119 e. The fourth-order valence-corrected chi connectivity index (χ4v) is 3.97. The molecule has 3 rings (SSSR count). The number of halogens is 1. The van der Waals surface area contributed by atoms with Crippen molar-refractivity contribution in [3.8, 4) is 5.75 Å².